The minimum atomic E-state index is -4.40. The first-order valence-corrected chi connectivity index (χ1v) is 40.5. The first-order chi connectivity index (χ1) is 45.3. The maximum Gasteiger partial charge on any atom is 0.328 e. The van der Waals surface area contributed by atoms with Gasteiger partial charge in [-0.1, -0.05) is 84.5 Å². The predicted octanol–water partition coefficient (Wildman–Crippen LogP) is 7.04. The molecule has 37 heteroatoms. The summed E-state index contributed by atoms with van der Waals surface area (Å²) < 4.78 is 109. The predicted molar refractivity (Wildman–Crippen MR) is 365 cm³/mol. The lowest BCUT2D eigenvalue weighted by atomic mass is 10.00. The Balaban J connectivity index is 0.000000784. The van der Waals surface area contributed by atoms with Crippen LogP contribution in [-0.4, -0.2) is 173 Å². The second-order valence-electron chi connectivity index (χ2n) is 22.4. The van der Waals surface area contributed by atoms with Crippen molar-refractivity contribution in [2.75, 3.05) is 59.3 Å². The van der Waals surface area contributed by atoms with E-state index in [-0.39, 0.29) is 144 Å². The lowest BCUT2D eigenvalue weighted by Crippen LogP contribution is -2.35. The fourth-order valence-corrected chi connectivity index (χ4v) is 16.3. The maximum absolute atomic E-state index is 12.6. The topological polar surface area (TPSA) is 401 Å². The molecule has 4 aliphatic heterocycles. The van der Waals surface area contributed by atoms with E-state index < -0.39 is 87.7 Å². The van der Waals surface area contributed by atoms with E-state index in [4.69, 9.17) is 121 Å². The third-order valence-electron chi connectivity index (χ3n) is 15.4. The quantitative estimate of drug-likeness (QED) is 0.0115. The van der Waals surface area contributed by atoms with E-state index in [1.165, 1.54) is 14.3 Å². The molecule has 1 amide bonds. The number of ether oxygens (including phenoxy) is 6. The number of aliphatic hydroxyl groups excluding tert-OH is 3. The van der Waals surface area contributed by atoms with Crippen molar-refractivity contribution < 1.29 is 120 Å². The number of unbranched alkanes of at least 4 members (excludes halogenated alkanes) is 1. The molecule has 29 nitrogen and oxygen atoms in total. The summed E-state index contributed by atoms with van der Waals surface area (Å²) in [6.07, 6.45) is -4.28. The molecule has 0 aliphatic carbocycles. The molecule has 0 spiro atoms. The summed E-state index contributed by atoms with van der Waals surface area (Å²) in [4.78, 5) is 64.9. The minimum absolute atomic E-state index is 0. The Kier molecular flexibility index (Phi) is 41.0. The van der Waals surface area contributed by atoms with Gasteiger partial charge in [-0.05, 0) is 93.1 Å². The fourth-order valence-electron chi connectivity index (χ4n) is 9.62. The van der Waals surface area contributed by atoms with Crippen molar-refractivity contribution in [3.63, 3.8) is 0 Å². The maximum atomic E-state index is 12.6. The Morgan fingerprint density at radius 1 is 0.667 bits per heavy atom. The van der Waals surface area contributed by atoms with Gasteiger partial charge in [0.2, 0.25) is 20.4 Å². The molecule has 0 bridgehead atoms. The SMILES string of the molecule is CC1[C@H](C)O[C@H](COP([O-])(=S)O[C@@H]2C(C)[C@H](C)O[C@@H]2CO)[C@@H]1OP(=O)([O-])[S-].N.O.[2H]OCc1ccc(OC(=O)CCC(=O)NCCCC)cc1.[3H]C.[C-]#[N+]CCOP(=S)(OC[C@H]1O[C@@H](C)C(C)[C@H]1OP(=S)(OCC[N+]#[C-])OCc1ccc(OC(C)=O)cc1)O[C@@H]1C(C)[C@H](C)O[C@@H]1CO. The third kappa shape index (κ3) is 31.0. The zero-order chi connectivity index (χ0) is 72.0. The van der Waals surface area contributed by atoms with E-state index in [1.54, 1.807) is 62.4 Å². The summed E-state index contributed by atoms with van der Waals surface area (Å²) in [5, 5.41) is 26.3. The van der Waals surface area contributed by atoms with Crippen molar-refractivity contribution in [2.24, 2.45) is 23.7 Å². The standard InChI is InChI=1S/C29H42N2O11P2S2.C15H21NO4.C14H28O9P2S2.CH4.H3N.H2O/c1-19-21(3)38-26(16-32)28(19)41-44(46,35-15-13-31-7)37-18-27-29(20(2)22(4)39-27)42-43(45,34-14-12-30-6)36-17-24-8-10-25(11-9-24)40-23(5)33;1-2-3-10-16-14(18)8-9-15(19)20-13-6-4-12(11-17)5-7-13;1-7-9(3)20-11(5-15)13(7)23-25(18,27)19-6-12-14(22-24(16,17)26)8(2)10(4)21-12;;;/h8-11,19-22,26-29,32H,12-18H2,1-5H3;4-7,17H,2-3,8-11H2,1H3,(H,16,18);7-15H,5-6H2,1-4H3,(H,18,27)(H2,16,17,26);1H4;1H3;1H2/p-3/t19?,20?,21-,22-,26+,27+,28+,29+,43?,44?;;7?,8?,9-,10-,11+,12+,13+,14+,25?;;;/m0.0.../s1/i;17D;;1T;;. The number of benzene rings is 2. The van der Waals surface area contributed by atoms with Crippen LogP contribution < -0.4 is 30.7 Å². The van der Waals surface area contributed by atoms with Gasteiger partial charge in [-0.15, -0.1) is 0 Å². The molecule has 4 fully saturated rings. The van der Waals surface area contributed by atoms with Crippen molar-refractivity contribution in [2.45, 2.75) is 189 Å². The molecule has 550 valence electrons. The van der Waals surface area contributed by atoms with Gasteiger partial charge in [-0.2, -0.15) is 0 Å². The Bertz CT molecular complexity index is 2970. The Hall–Kier alpha value is -2.44. The van der Waals surface area contributed by atoms with E-state index in [1.807, 2.05) is 48.5 Å². The summed E-state index contributed by atoms with van der Waals surface area (Å²) in [6.45, 7) is 17.4. The molecule has 0 radical (unpaired) electrons. The number of esters is 2. The number of hydrogen-bond donors (Lipinski definition) is 5. The normalized spacial score (nSPS) is 29.2. The number of nitrogens with one attached hydrogen (secondary N) is 1. The molecular formula is C59H97N4O25P4S4-3. The first kappa shape index (κ1) is 87.8. The highest BCUT2D eigenvalue weighted by atomic mass is 32.7. The van der Waals surface area contributed by atoms with Crippen LogP contribution in [0.25, 0.3) is 9.69 Å². The number of nitrogens with zero attached hydrogens (tertiary/aromatic N) is 2. The Morgan fingerprint density at radius 2 is 1.08 bits per heavy atom. The molecule has 2 aromatic rings. The van der Waals surface area contributed by atoms with Crippen LogP contribution in [-0.2, 0) is 139 Å². The van der Waals surface area contributed by atoms with Crippen LogP contribution >= 0.6 is 27.0 Å². The second kappa shape index (κ2) is 44.8. The van der Waals surface area contributed by atoms with E-state index in [0.717, 1.165) is 24.0 Å². The van der Waals surface area contributed by atoms with Gasteiger partial charge in [0.25, 0.3) is 0 Å². The number of rotatable bonds is 35. The molecule has 9 N–H and O–H groups in total. The van der Waals surface area contributed by atoms with E-state index in [9.17, 15) is 38.9 Å². The summed E-state index contributed by atoms with van der Waals surface area (Å²) in [7, 11) is 1.25. The van der Waals surface area contributed by atoms with Crippen LogP contribution in [0, 0.1) is 36.8 Å². The molecule has 0 saturated carbocycles. The molecular weight excluding hydrogens is 1420 g/mol. The van der Waals surface area contributed by atoms with Gasteiger partial charge in [0.15, 0.2) is 0 Å². The summed E-state index contributed by atoms with van der Waals surface area (Å²) >= 11 is 20.8. The monoisotopic (exact) mass is 1520 g/mol. The molecule has 20 atom stereocenters. The van der Waals surface area contributed by atoms with Gasteiger partial charge in [-0.25, -0.2) is 13.1 Å². The van der Waals surface area contributed by atoms with Gasteiger partial charge in [-0.3, -0.25) is 14.4 Å². The second-order valence-corrected chi connectivity index (χ2v) is 33.5. The number of carbonyl (C=O) groups is 3. The number of carbonyl (C=O) groups excluding carboxylic acids is 3. The summed E-state index contributed by atoms with van der Waals surface area (Å²) in [6, 6.07) is 13.4. The fraction of sp³-hybridized carbons (Fsp3) is 0.712. The molecule has 4 aliphatic rings. The van der Waals surface area contributed by atoms with Crippen molar-refractivity contribution in [3.8, 4) is 11.5 Å². The zero-order valence-electron chi connectivity index (χ0n) is 57.9. The smallest absolute Gasteiger partial charge is 0.328 e. The van der Waals surface area contributed by atoms with Crippen LogP contribution in [0.4, 0.5) is 0 Å². The molecule has 8 unspecified atom stereocenters. The molecule has 6 rings (SSSR count). The molecule has 2 aromatic carbocycles. The van der Waals surface area contributed by atoms with Crippen LogP contribution in [0.5, 0.6) is 11.5 Å². The van der Waals surface area contributed by atoms with Gasteiger partial charge in [0.1, 0.15) is 68.1 Å². The van der Waals surface area contributed by atoms with Gasteiger partial charge in [0.05, 0.1) is 82.7 Å². The Morgan fingerprint density at radius 3 is 1.52 bits per heavy atom. The van der Waals surface area contributed by atoms with Crippen LogP contribution in [0.15, 0.2) is 48.5 Å². The lowest BCUT2D eigenvalue weighted by molar-refractivity contribution is -0.216. The van der Waals surface area contributed by atoms with Crippen LogP contribution in [0.3, 0.4) is 0 Å². The highest BCUT2D eigenvalue weighted by molar-refractivity contribution is 8.31. The first-order valence-electron chi connectivity index (χ1n) is 31.7. The summed E-state index contributed by atoms with van der Waals surface area (Å²) in [5.74, 6) is -0.854. The summed E-state index contributed by atoms with van der Waals surface area (Å²) in [5.41, 5.74) is 1.56. The zero-order valence-corrected chi connectivity index (χ0v) is 62.7. The average Bonchev–Trinajstić information content (AvgIpc) is 1.66. The van der Waals surface area contributed by atoms with Crippen molar-refractivity contribution >= 4 is 92.5 Å². The van der Waals surface area contributed by atoms with E-state index >= 15 is 0 Å². The minimum Gasteiger partial charge on any atom is -0.797 e. The number of amides is 1. The number of hydrogen-bond acceptors (Lipinski definition) is 29. The van der Waals surface area contributed by atoms with E-state index in [2.05, 4.69) is 32.4 Å². The molecule has 4 saturated heterocycles. The molecule has 96 heavy (non-hydrogen) atoms. The number of aliphatic hydroxyl groups is 3. The average molecular weight is 1520 g/mol. The van der Waals surface area contributed by atoms with Crippen molar-refractivity contribution in [3.05, 3.63) is 82.5 Å². The van der Waals surface area contributed by atoms with Crippen LogP contribution in [0.1, 0.15) is 115 Å². The highest BCUT2D eigenvalue weighted by Crippen LogP contribution is 2.57. The van der Waals surface area contributed by atoms with Gasteiger partial charge >= 0.3 is 25.4 Å². The van der Waals surface area contributed by atoms with Crippen LogP contribution in [0.2, 0.25) is 0 Å². The third-order valence-corrected chi connectivity index (χ3v) is 22.4. The highest BCUT2D eigenvalue weighted by Gasteiger charge is 2.48. The van der Waals surface area contributed by atoms with Crippen molar-refractivity contribution in [1.82, 2.24) is 11.5 Å². The Labute approximate surface area is 588 Å². The van der Waals surface area contributed by atoms with Gasteiger partial charge < -0.3 is 138 Å². The molecule has 4 heterocycles. The van der Waals surface area contributed by atoms with E-state index in [0.29, 0.717) is 18.0 Å². The van der Waals surface area contributed by atoms with Crippen molar-refractivity contribution in [1.29, 1.82) is 1.43 Å². The molecule has 0 aromatic heterocycles. The largest absolute Gasteiger partial charge is 0.797 e. The van der Waals surface area contributed by atoms with Gasteiger partial charge in [0, 0.05) is 51.7 Å². The lowest BCUT2D eigenvalue weighted by Gasteiger charge is -2.37.